The van der Waals surface area contributed by atoms with Gasteiger partial charge < -0.3 is 5.32 Å². The molecular formula is C26H23FN6. The minimum atomic E-state index is -0.269. The van der Waals surface area contributed by atoms with Crippen molar-refractivity contribution in [3.05, 3.63) is 114 Å². The van der Waals surface area contributed by atoms with Gasteiger partial charge in [-0.25, -0.2) is 9.07 Å². The maximum atomic E-state index is 13.4. The molecular weight excluding hydrogens is 415 g/mol. The Morgan fingerprint density at radius 1 is 0.848 bits per heavy atom. The van der Waals surface area contributed by atoms with Crippen LogP contribution >= 0.6 is 0 Å². The Labute approximate surface area is 191 Å². The number of benzene rings is 3. The predicted octanol–water partition coefficient (Wildman–Crippen LogP) is 4.86. The SMILES string of the molecule is Cc1ccc(-c2nn(-c3ccc(F)cc3)cc2CNCc2nncn2-c2ccccc2)cc1. The molecule has 3 aromatic carbocycles. The van der Waals surface area contributed by atoms with E-state index in [-0.39, 0.29) is 5.82 Å². The van der Waals surface area contributed by atoms with Crippen molar-refractivity contribution in [2.24, 2.45) is 0 Å². The molecule has 0 fully saturated rings. The van der Waals surface area contributed by atoms with Gasteiger partial charge in [-0.3, -0.25) is 4.57 Å². The second-order valence-electron chi connectivity index (χ2n) is 7.85. The van der Waals surface area contributed by atoms with Gasteiger partial charge in [0.2, 0.25) is 0 Å². The van der Waals surface area contributed by atoms with Crippen LogP contribution < -0.4 is 5.32 Å². The summed E-state index contributed by atoms with van der Waals surface area (Å²) in [6.07, 6.45) is 3.70. The third-order valence-electron chi connectivity index (χ3n) is 5.46. The molecule has 0 aliphatic carbocycles. The molecule has 0 bridgehead atoms. The third kappa shape index (κ3) is 4.58. The highest BCUT2D eigenvalue weighted by Gasteiger charge is 2.13. The Hall–Kier alpha value is -4.10. The smallest absolute Gasteiger partial charge is 0.151 e. The fraction of sp³-hybridized carbons (Fsp3) is 0.115. The number of nitrogens with one attached hydrogen (secondary N) is 1. The van der Waals surface area contributed by atoms with Gasteiger partial charge >= 0.3 is 0 Å². The topological polar surface area (TPSA) is 60.6 Å². The van der Waals surface area contributed by atoms with Crippen molar-refractivity contribution in [1.29, 1.82) is 0 Å². The standard InChI is InChI=1S/C26H23FN6/c1-19-7-9-20(10-8-19)26-21(17-33(31-26)24-13-11-22(27)12-14-24)15-28-16-25-30-29-18-32(25)23-5-3-2-4-6-23/h2-14,17-18,28H,15-16H2,1H3. The van der Waals surface area contributed by atoms with Crippen LogP contribution in [0.4, 0.5) is 4.39 Å². The quantitative estimate of drug-likeness (QED) is 0.394. The molecule has 0 saturated carbocycles. The highest BCUT2D eigenvalue weighted by molar-refractivity contribution is 5.63. The van der Waals surface area contributed by atoms with Gasteiger partial charge in [0.05, 0.1) is 17.9 Å². The molecule has 2 aromatic heterocycles. The Morgan fingerprint density at radius 3 is 2.36 bits per heavy atom. The van der Waals surface area contributed by atoms with Gasteiger partial charge in [0.1, 0.15) is 12.1 Å². The van der Waals surface area contributed by atoms with Crippen LogP contribution in [0.3, 0.4) is 0 Å². The van der Waals surface area contributed by atoms with Gasteiger partial charge in [0.25, 0.3) is 0 Å². The normalized spacial score (nSPS) is 11.1. The second-order valence-corrected chi connectivity index (χ2v) is 7.85. The van der Waals surface area contributed by atoms with Gasteiger partial charge in [-0.05, 0) is 43.3 Å². The fourth-order valence-electron chi connectivity index (χ4n) is 3.71. The van der Waals surface area contributed by atoms with Crippen LogP contribution in [-0.4, -0.2) is 24.5 Å². The van der Waals surface area contributed by atoms with E-state index < -0.39 is 0 Å². The monoisotopic (exact) mass is 438 g/mol. The number of hydrogen-bond donors (Lipinski definition) is 1. The number of hydrogen-bond acceptors (Lipinski definition) is 4. The molecule has 5 rings (SSSR count). The third-order valence-corrected chi connectivity index (χ3v) is 5.46. The molecule has 0 aliphatic rings. The molecule has 0 spiro atoms. The van der Waals surface area contributed by atoms with E-state index in [1.165, 1.54) is 17.7 Å². The Morgan fingerprint density at radius 2 is 1.61 bits per heavy atom. The Balaban J connectivity index is 1.40. The van der Waals surface area contributed by atoms with Crippen LogP contribution in [0.2, 0.25) is 0 Å². The van der Waals surface area contributed by atoms with Crippen molar-refractivity contribution < 1.29 is 4.39 Å². The molecule has 2 heterocycles. The average molecular weight is 439 g/mol. The highest BCUT2D eigenvalue weighted by atomic mass is 19.1. The first-order chi connectivity index (χ1) is 16.2. The summed E-state index contributed by atoms with van der Waals surface area (Å²) in [5.41, 5.74) is 5.97. The maximum Gasteiger partial charge on any atom is 0.151 e. The summed E-state index contributed by atoms with van der Waals surface area (Å²) < 4.78 is 17.2. The second kappa shape index (κ2) is 9.18. The van der Waals surface area contributed by atoms with Crippen LogP contribution in [0, 0.1) is 12.7 Å². The van der Waals surface area contributed by atoms with E-state index in [9.17, 15) is 4.39 Å². The molecule has 0 unspecified atom stereocenters. The number of aryl methyl sites for hydroxylation is 1. The Kier molecular flexibility index (Phi) is 5.78. The largest absolute Gasteiger partial charge is 0.306 e. The summed E-state index contributed by atoms with van der Waals surface area (Å²) >= 11 is 0. The first kappa shape index (κ1) is 20.8. The van der Waals surface area contributed by atoms with E-state index in [0.29, 0.717) is 13.1 Å². The van der Waals surface area contributed by atoms with Crippen LogP contribution in [0.25, 0.3) is 22.6 Å². The van der Waals surface area contributed by atoms with Crippen molar-refractivity contribution in [2.45, 2.75) is 20.0 Å². The summed E-state index contributed by atoms with van der Waals surface area (Å²) in [6, 6.07) is 24.6. The van der Waals surface area contributed by atoms with Gasteiger partial charge in [0.15, 0.2) is 5.82 Å². The lowest BCUT2D eigenvalue weighted by Gasteiger charge is -2.08. The molecule has 0 aliphatic heterocycles. The van der Waals surface area contributed by atoms with E-state index >= 15 is 0 Å². The lowest BCUT2D eigenvalue weighted by Crippen LogP contribution is -2.16. The van der Waals surface area contributed by atoms with Gasteiger partial charge in [-0.1, -0.05) is 48.0 Å². The van der Waals surface area contributed by atoms with E-state index in [1.54, 1.807) is 23.1 Å². The molecule has 0 amide bonds. The number of aromatic nitrogens is 5. The Bertz CT molecular complexity index is 1340. The first-order valence-corrected chi connectivity index (χ1v) is 10.7. The fourth-order valence-corrected chi connectivity index (χ4v) is 3.71. The zero-order chi connectivity index (χ0) is 22.6. The minimum absolute atomic E-state index is 0.269. The average Bonchev–Trinajstić information content (AvgIpc) is 3.48. The van der Waals surface area contributed by atoms with Crippen molar-refractivity contribution in [1.82, 2.24) is 29.9 Å². The molecule has 164 valence electrons. The van der Waals surface area contributed by atoms with Crippen LogP contribution in [0.15, 0.2) is 91.4 Å². The van der Waals surface area contributed by atoms with Crippen molar-refractivity contribution in [3.8, 4) is 22.6 Å². The van der Waals surface area contributed by atoms with Crippen molar-refractivity contribution in [3.63, 3.8) is 0 Å². The summed E-state index contributed by atoms with van der Waals surface area (Å²) in [6.45, 7) is 3.20. The summed E-state index contributed by atoms with van der Waals surface area (Å²) in [7, 11) is 0. The summed E-state index contributed by atoms with van der Waals surface area (Å²) in [5, 5.41) is 16.6. The predicted molar refractivity (Wildman–Crippen MR) is 126 cm³/mol. The van der Waals surface area contributed by atoms with Gasteiger partial charge in [-0.15, -0.1) is 10.2 Å². The summed E-state index contributed by atoms with van der Waals surface area (Å²) in [4.78, 5) is 0. The van der Waals surface area contributed by atoms with Crippen LogP contribution in [-0.2, 0) is 13.1 Å². The first-order valence-electron chi connectivity index (χ1n) is 10.7. The van der Waals surface area contributed by atoms with E-state index in [1.807, 2.05) is 41.1 Å². The zero-order valence-corrected chi connectivity index (χ0v) is 18.2. The van der Waals surface area contributed by atoms with E-state index in [0.717, 1.165) is 34.0 Å². The lowest BCUT2D eigenvalue weighted by atomic mass is 10.1. The molecule has 0 atom stereocenters. The molecule has 0 saturated heterocycles. The molecule has 5 aromatic rings. The molecule has 1 N–H and O–H groups in total. The van der Waals surface area contributed by atoms with Crippen LogP contribution in [0.1, 0.15) is 17.0 Å². The number of para-hydroxylation sites is 1. The molecule has 6 nitrogen and oxygen atoms in total. The zero-order valence-electron chi connectivity index (χ0n) is 18.2. The minimum Gasteiger partial charge on any atom is -0.306 e. The van der Waals surface area contributed by atoms with Gasteiger partial charge in [-0.2, -0.15) is 5.10 Å². The number of halogens is 1. The molecule has 7 heteroatoms. The number of nitrogens with zero attached hydrogens (tertiary/aromatic N) is 5. The van der Waals surface area contributed by atoms with Crippen molar-refractivity contribution >= 4 is 0 Å². The highest BCUT2D eigenvalue weighted by Crippen LogP contribution is 2.24. The molecule has 33 heavy (non-hydrogen) atoms. The van der Waals surface area contributed by atoms with Crippen molar-refractivity contribution in [2.75, 3.05) is 0 Å². The van der Waals surface area contributed by atoms with Crippen LogP contribution in [0.5, 0.6) is 0 Å². The maximum absolute atomic E-state index is 13.4. The van der Waals surface area contributed by atoms with E-state index in [2.05, 4.69) is 46.7 Å². The summed E-state index contributed by atoms with van der Waals surface area (Å²) in [5.74, 6) is 0.554. The van der Waals surface area contributed by atoms with E-state index in [4.69, 9.17) is 5.10 Å². The lowest BCUT2D eigenvalue weighted by molar-refractivity contribution is 0.627. The molecule has 0 radical (unpaired) electrons. The van der Waals surface area contributed by atoms with Gasteiger partial charge in [0, 0.05) is 29.6 Å². The number of rotatable bonds is 7.